The van der Waals surface area contributed by atoms with Crippen molar-refractivity contribution in [2.45, 2.75) is 51.6 Å². The van der Waals surface area contributed by atoms with Gasteiger partial charge in [0.2, 0.25) is 0 Å². The molecule has 1 aliphatic carbocycles. The third-order valence-electron chi connectivity index (χ3n) is 5.73. The summed E-state index contributed by atoms with van der Waals surface area (Å²) in [5.41, 5.74) is 3.67. The van der Waals surface area contributed by atoms with E-state index in [1.54, 1.807) is 0 Å². The zero-order valence-electron chi connectivity index (χ0n) is 18.6. The van der Waals surface area contributed by atoms with Gasteiger partial charge in [0.15, 0.2) is 6.61 Å². The van der Waals surface area contributed by atoms with Crippen LogP contribution in [0.2, 0.25) is 0 Å². The van der Waals surface area contributed by atoms with E-state index in [9.17, 15) is 4.79 Å². The largest absolute Gasteiger partial charge is 0.489 e. The molecule has 1 unspecified atom stereocenters. The van der Waals surface area contributed by atoms with Gasteiger partial charge in [-0.2, -0.15) is 0 Å². The molecule has 0 aromatic heterocycles. The van der Waals surface area contributed by atoms with Crippen LogP contribution in [0.1, 0.15) is 55.2 Å². The topological polar surface area (TPSA) is 49.1 Å². The summed E-state index contributed by atoms with van der Waals surface area (Å²) in [7, 11) is 0. The molecule has 4 nitrogen and oxygen atoms in total. The fourth-order valence-electron chi connectivity index (χ4n) is 4.17. The first-order valence-electron chi connectivity index (χ1n) is 11.5. The molecule has 32 heavy (non-hydrogen) atoms. The number of para-hydroxylation sites is 1. The van der Waals surface area contributed by atoms with Crippen LogP contribution in [-0.4, -0.2) is 17.4 Å². The number of benzene rings is 3. The Balaban J connectivity index is 1.37. The Labute approximate surface area is 190 Å². The highest BCUT2D eigenvalue weighted by atomic mass is 16.5. The molecule has 166 valence electrons. The smallest absolute Gasteiger partial charge is 0.483 e. The number of hydrogen-bond acceptors (Lipinski definition) is 3. The van der Waals surface area contributed by atoms with Crippen molar-refractivity contribution in [2.75, 3.05) is 6.61 Å². The van der Waals surface area contributed by atoms with Crippen LogP contribution in [0.25, 0.3) is 0 Å². The summed E-state index contributed by atoms with van der Waals surface area (Å²) in [5.74, 6) is 2.94. The number of aryl methyl sites for hydroxylation is 1. The van der Waals surface area contributed by atoms with Crippen LogP contribution in [0, 0.1) is 0 Å². The van der Waals surface area contributed by atoms with Crippen molar-refractivity contribution in [3.8, 4) is 17.2 Å². The van der Waals surface area contributed by atoms with Crippen LogP contribution in [0.4, 0.5) is 0 Å². The van der Waals surface area contributed by atoms with E-state index in [1.807, 2.05) is 67.6 Å². The molecule has 0 saturated heterocycles. The van der Waals surface area contributed by atoms with E-state index in [0.29, 0.717) is 25.6 Å². The molecule has 0 bridgehead atoms. The van der Waals surface area contributed by atoms with Crippen LogP contribution in [0.15, 0.2) is 72.8 Å². The highest BCUT2D eigenvalue weighted by molar-refractivity contribution is 5.72. The number of rotatable bonds is 9. The van der Waals surface area contributed by atoms with Gasteiger partial charge in [0.1, 0.15) is 30.3 Å². The third-order valence-corrected chi connectivity index (χ3v) is 5.73. The number of carbonyl (C=O) groups excluding carboxylic acids is 1. The molecule has 0 saturated carbocycles. The van der Waals surface area contributed by atoms with Crippen molar-refractivity contribution < 1.29 is 19.0 Å². The van der Waals surface area contributed by atoms with Crippen molar-refractivity contribution in [3.63, 3.8) is 0 Å². The minimum atomic E-state index is 0.155. The van der Waals surface area contributed by atoms with Gasteiger partial charge in [-0.3, -0.25) is 0 Å². The fraction of sp³-hybridized carbons (Fsp3) is 0.321. The lowest BCUT2D eigenvalue weighted by Gasteiger charge is -2.24. The van der Waals surface area contributed by atoms with Gasteiger partial charge in [0.05, 0.1) is 0 Å². The van der Waals surface area contributed by atoms with Crippen molar-refractivity contribution in [1.82, 2.24) is 0 Å². The minimum absolute atomic E-state index is 0.155. The first kappa shape index (κ1) is 21.9. The second-order valence-electron chi connectivity index (χ2n) is 8.25. The van der Waals surface area contributed by atoms with Crippen molar-refractivity contribution in [1.29, 1.82) is 0 Å². The summed E-state index contributed by atoms with van der Waals surface area (Å²) >= 11 is 0. The van der Waals surface area contributed by atoms with E-state index in [0.717, 1.165) is 48.5 Å². The van der Waals surface area contributed by atoms with E-state index < -0.39 is 0 Å². The van der Waals surface area contributed by atoms with Gasteiger partial charge >= 0.3 is 5.97 Å². The number of hydrogen-bond donors (Lipinski definition) is 0. The predicted molar refractivity (Wildman–Crippen MR) is 127 cm³/mol. The van der Waals surface area contributed by atoms with Gasteiger partial charge in [-0.05, 0) is 72.4 Å². The molecule has 0 radical (unpaired) electrons. The Morgan fingerprint density at radius 3 is 2.62 bits per heavy atom. The highest BCUT2D eigenvalue weighted by Crippen LogP contribution is 2.36. The molecular weight excluding hydrogens is 400 g/mol. The summed E-state index contributed by atoms with van der Waals surface area (Å²) in [6.45, 7) is 3.08. The van der Waals surface area contributed by atoms with E-state index in [1.165, 1.54) is 11.1 Å². The Morgan fingerprint density at radius 2 is 1.78 bits per heavy atom. The van der Waals surface area contributed by atoms with Crippen LogP contribution < -0.4 is 9.47 Å². The summed E-state index contributed by atoms with van der Waals surface area (Å²) in [4.78, 5) is 10.1. The van der Waals surface area contributed by atoms with Gasteiger partial charge in [0.25, 0.3) is 0 Å². The van der Waals surface area contributed by atoms with Crippen LogP contribution in [0.5, 0.6) is 17.2 Å². The van der Waals surface area contributed by atoms with Gasteiger partial charge in [0, 0.05) is 12.3 Å². The molecule has 3 aromatic rings. The van der Waals surface area contributed by atoms with Crippen LogP contribution in [0.3, 0.4) is 0 Å². The Hall–Kier alpha value is -3.27. The number of fused-ring (bicyclic) bond motifs is 1. The molecule has 4 rings (SSSR count). The van der Waals surface area contributed by atoms with E-state index in [-0.39, 0.29) is 5.97 Å². The first-order valence-corrected chi connectivity index (χ1v) is 11.5. The Kier molecular flexibility index (Phi) is 7.44. The summed E-state index contributed by atoms with van der Waals surface area (Å²) in [6.07, 6.45) is 4.69. The maximum atomic E-state index is 10.1. The summed E-state index contributed by atoms with van der Waals surface area (Å²) < 4.78 is 17.4. The van der Waals surface area contributed by atoms with Gasteiger partial charge < -0.3 is 19.0 Å². The Bertz CT molecular complexity index is 1030. The minimum Gasteiger partial charge on any atom is -0.489 e. The monoisotopic (exact) mass is 431 g/mol. The zero-order chi connectivity index (χ0) is 22.2. The Morgan fingerprint density at radius 1 is 0.938 bits per heavy atom. The zero-order valence-corrected chi connectivity index (χ0v) is 18.6. The molecule has 1 aliphatic rings. The maximum Gasteiger partial charge on any atom is 0.483 e. The third kappa shape index (κ3) is 5.91. The van der Waals surface area contributed by atoms with Crippen molar-refractivity contribution in [2.24, 2.45) is 0 Å². The van der Waals surface area contributed by atoms with Gasteiger partial charge in [-0.25, -0.2) is 0 Å². The molecule has 0 spiro atoms. The molecule has 4 heteroatoms. The second kappa shape index (κ2) is 10.9. The average Bonchev–Trinajstić information content (AvgIpc) is 2.82. The van der Waals surface area contributed by atoms with Crippen molar-refractivity contribution in [3.05, 3.63) is 89.5 Å². The first-order chi connectivity index (χ1) is 15.7. The van der Waals surface area contributed by atoms with E-state index in [4.69, 9.17) is 14.2 Å². The molecule has 0 fully saturated rings. The average molecular weight is 432 g/mol. The molecule has 1 N–H and O–H groups in total. The van der Waals surface area contributed by atoms with Gasteiger partial charge in [-0.1, -0.05) is 43.3 Å². The SMILES string of the molecule is CCCOC(=[OH+])CC1CCCc2cc(OCc3cccc(Oc4ccccc4)c3)ccc21. The molecule has 0 aliphatic heterocycles. The lowest BCUT2D eigenvalue weighted by Crippen LogP contribution is -2.16. The molecule has 3 aromatic carbocycles. The lowest BCUT2D eigenvalue weighted by molar-refractivity contribution is 0.258. The van der Waals surface area contributed by atoms with Crippen LogP contribution >= 0.6 is 0 Å². The lowest BCUT2D eigenvalue weighted by atomic mass is 9.81. The van der Waals surface area contributed by atoms with Gasteiger partial charge in [-0.15, -0.1) is 0 Å². The predicted octanol–water partition coefficient (Wildman–Crippen LogP) is 6.80. The number of ether oxygens (including phenoxy) is 3. The second-order valence-corrected chi connectivity index (χ2v) is 8.25. The van der Waals surface area contributed by atoms with E-state index in [2.05, 4.69) is 12.1 Å². The molecule has 0 heterocycles. The van der Waals surface area contributed by atoms with E-state index >= 15 is 0 Å². The number of esters is 1. The molecular formula is C28H31O4+. The summed E-state index contributed by atoms with van der Waals surface area (Å²) in [5, 5.41) is 0. The summed E-state index contributed by atoms with van der Waals surface area (Å²) in [6, 6.07) is 24.1. The quantitative estimate of drug-likeness (QED) is 0.277. The fourth-order valence-corrected chi connectivity index (χ4v) is 4.17. The molecule has 0 amide bonds. The van der Waals surface area contributed by atoms with Crippen LogP contribution in [-0.2, 0) is 17.8 Å². The van der Waals surface area contributed by atoms with Crippen molar-refractivity contribution >= 4 is 5.97 Å². The maximum absolute atomic E-state index is 10.1. The standard InChI is InChI=1S/C28H30O4/c1-2-16-30-28(29)19-23-10-7-9-22-18-25(14-15-27(22)23)31-20-21-8-6-13-26(17-21)32-24-11-4-3-5-12-24/h3-6,8,11-15,17-18,23H,2,7,9-10,16,19-20H2,1H3/p+1. The normalized spacial score (nSPS) is 15.0. The molecule has 1 atom stereocenters. The highest BCUT2D eigenvalue weighted by Gasteiger charge is 2.26.